The van der Waals surface area contributed by atoms with Gasteiger partial charge in [-0.2, -0.15) is 4.98 Å². The molecule has 0 N–H and O–H groups in total. The van der Waals surface area contributed by atoms with Crippen molar-refractivity contribution >= 4 is 39.0 Å². The number of anilines is 1. The predicted molar refractivity (Wildman–Crippen MR) is 110 cm³/mol. The van der Waals surface area contributed by atoms with Crippen molar-refractivity contribution < 1.29 is 0 Å². The number of rotatable bonds is 6. The zero-order valence-corrected chi connectivity index (χ0v) is 16.7. The van der Waals surface area contributed by atoms with Crippen LogP contribution >= 0.6 is 22.9 Å². The first-order valence-electron chi connectivity index (χ1n) is 8.71. The van der Waals surface area contributed by atoms with Crippen molar-refractivity contribution in [3.8, 4) is 10.4 Å². The topological polar surface area (TPSA) is 29.0 Å². The highest BCUT2D eigenvalue weighted by Crippen LogP contribution is 2.37. The van der Waals surface area contributed by atoms with Gasteiger partial charge in [0.1, 0.15) is 10.6 Å². The van der Waals surface area contributed by atoms with Crippen LogP contribution in [0.4, 0.5) is 5.82 Å². The summed E-state index contributed by atoms with van der Waals surface area (Å²) < 4.78 is 0. The molecule has 2 aromatic heterocycles. The first-order valence-corrected chi connectivity index (χ1v) is 9.91. The number of halogens is 1. The van der Waals surface area contributed by atoms with Crippen molar-refractivity contribution in [3.05, 3.63) is 41.7 Å². The summed E-state index contributed by atoms with van der Waals surface area (Å²) >= 11 is 7.93. The van der Waals surface area contributed by atoms with E-state index < -0.39 is 0 Å². The number of thiophene rings is 1. The molecule has 0 aliphatic heterocycles. The minimum atomic E-state index is 0.321. The van der Waals surface area contributed by atoms with E-state index in [4.69, 9.17) is 11.6 Å². The Bertz CT molecular complexity index is 833. The van der Waals surface area contributed by atoms with Gasteiger partial charge in [0.15, 0.2) is 0 Å². The highest BCUT2D eigenvalue weighted by molar-refractivity contribution is 7.22. The number of hydrogen-bond acceptors (Lipinski definition) is 4. The third kappa shape index (κ3) is 4.31. The maximum atomic E-state index is 6.25. The molecule has 0 saturated carbocycles. The van der Waals surface area contributed by atoms with Crippen LogP contribution in [0.3, 0.4) is 0 Å². The zero-order chi connectivity index (χ0) is 18.0. The fourth-order valence-corrected chi connectivity index (χ4v) is 4.24. The Kier molecular flexibility index (Phi) is 5.60. The lowest BCUT2D eigenvalue weighted by Gasteiger charge is -2.28. The van der Waals surface area contributed by atoms with Crippen LogP contribution in [0.1, 0.15) is 27.7 Å². The number of nitrogens with zero attached hydrogens (tertiary/aromatic N) is 3. The van der Waals surface area contributed by atoms with Gasteiger partial charge in [0.05, 0.1) is 5.39 Å². The third-order valence-corrected chi connectivity index (χ3v) is 5.12. The summed E-state index contributed by atoms with van der Waals surface area (Å²) in [6.07, 6.45) is 0. The molecule has 0 aliphatic rings. The van der Waals surface area contributed by atoms with Crippen LogP contribution < -0.4 is 4.90 Å². The third-order valence-electron chi connectivity index (χ3n) is 3.87. The lowest BCUT2D eigenvalue weighted by atomic mass is 10.1. The zero-order valence-electron chi connectivity index (χ0n) is 15.2. The van der Waals surface area contributed by atoms with E-state index in [0.29, 0.717) is 17.1 Å². The second kappa shape index (κ2) is 7.71. The molecule has 0 saturated heterocycles. The fraction of sp³-hybridized carbons (Fsp3) is 0.400. The van der Waals surface area contributed by atoms with Crippen LogP contribution in [-0.4, -0.2) is 23.1 Å². The average molecular weight is 374 g/mol. The molecule has 0 atom stereocenters. The molecule has 0 bridgehead atoms. The normalized spacial score (nSPS) is 11.6. The molecule has 1 aromatic carbocycles. The number of fused-ring (bicyclic) bond motifs is 1. The van der Waals surface area contributed by atoms with E-state index in [1.807, 2.05) is 6.07 Å². The molecule has 0 aliphatic carbocycles. The van der Waals surface area contributed by atoms with Crippen LogP contribution in [-0.2, 0) is 0 Å². The Hall–Kier alpha value is -1.65. The summed E-state index contributed by atoms with van der Waals surface area (Å²) in [4.78, 5) is 13.6. The molecular formula is C20H24ClN3S. The van der Waals surface area contributed by atoms with Crippen molar-refractivity contribution in [2.24, 2.45) is 11.8 Å². The van der Waals surface area contributed by atoms with Gasteiger partial charge >= 0.3 is 0 Å². The highest BCUT2D eigenvalue weighted by atomic mass is 35.5. The maximum Gasteiger partial charge on any atom is 0.225 e. The van der Waals surface area contributed by atoms with Crippen molar-refractivity contribution in [1.82, 2.24) is 9.97 Å². The monoisotopic (exact) mass is 373 g/mol. The number of aromatic nitrogens is 2. The standard InChI is InChI=1S/C20H24ClN3S/c1-13(2)11-24(12-14(3)4)18-16-10-17(15-8-6-5-7-9-15)25-19(16)23-20(21)22-18/h5-10,13-14H,11-12H2,1-4H3. The molecule has 3 nitrogen and oxygen atoms in total. The molecule has 3 rings (SSSR count). The maximum absolute atomic E-state index is 6.25. The molecular weight excluding hydrogens is 350 g/mol. The fourth-order valence-electron chi connectivity index (χ4n) is 3.00. The molecule has 0 fully saturated rings. The smallest absolute Gasteiger partial charge is 0.225 e. The minimum absolute atomic E-state index is 0.321. The Labute approximate surface area is 158 Å². The van der Waals surface area contributed by atoms with E-state index in [1.165, 1.54) is 10.4 Å². The van der Waals surface area contributed by atoms with Gasteiger partial charge in [0.25, 0.3) is 0 Å². The Morgan fingerprint density at radius 1 is 1.00 bits per heavy atom. The second-order valence-corrected chi connectivity index (χ2v) is 8.57. The van der Waals surface area contributed by atoms with Crippen LogP contribution in [0.15, 0.2) is 36.4 Å². The van der Waals surface area contributed by atoms with Gasteiger partial charge in [-0.05, 0) is 35.1 Å². The Morgan fingerprint density at radius 3 is 2.24 bits per heavy atom. The van der Waals surface area contributed by atoms with Gasteiger partial charge in [0, 0.05) is 18.0 Å². The lowest BCUT2D eigenvalue weighted by Crippen LogP contribution is -2.32. The molecule has 0 amide bonds. The average Bonchev–Trinajstić information content (AvgIpc) is 2.97. The van der Waals surface area contributed by atoms with E-state index in [0.717, 1.165) is 29.1 Å². The van der Waals surface area contributed by atoms with Gasteiger partial charge in [-0.15, -0.1) is 11.3 Å². The van der Waals surface area contributed by atoms with Crippen LogP contribution in [0, 0.1) is 11.8 Å². The van der Waals surface area contributed by atoms with E-state index in [-0.39, 0.29) is 0 Å². The number of hydrogen-bond donors (Lipinski definition) is 0. The molecule has 0 radical (unpaired) electrons. The van der Waals surface area contributed by atoms with E-state index in [9.17, 15) is 0 Å². The summed E-state index contributed by atoms with van der Waals surface area (Å²) in [5, 5.41) is 1.41. The van der Waals surface area contributed by atoms with Gasteiger partial charge in [-0.3, -0.25) is 0 Å². The predicted octanol–water partition coefficient (Wildman–Crippen LogP) is 6.13. The SMILES string of the molecule is CC(C)CN(CC(C)C)c1nc(Cl)nc2sc(-c3ccccc3)cc12. The quantitative estimate of drug-likeness (QED) is 0.486. The molecule has 25 heavy (non-hydrogen) atoms. The molecule has 2 heterocycles. The summed E-state index contributed by atoms with van der Waals surface area (Å²) in [6, 6.07) is 12.6. The van der Waals surface area contributed by atoms with Crippen molar-refractivity contribution in [3.63, 3.8) is 0 Å². The van der Waals surface area contributed by atoms with Crippen molar-refractivity contribution in [2.75, 3.05) is 18.0 Å². The molecule has 3 aromatic rings. The Morgan fingerprint density at radius 2 is 1.64 bits per heavy atom. The lowest BCUT2D eigenvalue weighted by molar-refractivity contribution is 0.550. The van der Waals surface area contributed by atoms with Gasteiger partial charge in [0.2, 0.25) is 5.28 Å². The molecule has 0 spiro atoms. The summed E-state index contributed by atoms with van der Waals surface area (Å²) in [5.41, 5.74) is 1.20. The van der Waals surface area contributed by atoms with Crippen LogP contribution in [0.5, 0.6) is 0 Å². The van der Waals surface area contributed by atoms with Gasteiger partial charge in [-0.25, -0.2) is 4.98 Å². The highest BCUT2D eigenvalue weighted by Gasteiger charge is 2.19. The van der Waals surface area contributed by atoms with Crippen molar-refractivity contribution in [2.45, 2.75) is 27.7 Å². The first-order chi connectivity index (χ1) is 11.9. The van der Waals surface area contributed by atoms with E-state index in [2.05, 4.69) is 72.9 Å². The largest absolute Gasteiger partial charge is 0.355 e. The van der Waals surface area contributed by atoms with Crippen LogP contribution in [0.25, 0.3) is 20.7 Å². The molecule has 5 heteroatoms. The van der Waals surface area contributed by atoms with Gasteiger partial charge in [-0.1, -0.05) is 58.0 Å². The van der Waals surface area contributed by atoms with Crippen LogP contribution in [0.2, 0.25) is 5.28 Å². The van der Waals surface area contributed by atoms with Crippen molar-refractivity contribution in [1.29, 1.82) is 0 Å². The summed E-state index contributed by atoms with van der Waals surface area (Å²) in [5.74, 6) is 2.06. The van der Waals surface area contributed by atoms with Gasteiger partial charge < -0.3 is 4.90 Å². The first kappa shape index (κ1) is 18.2. The summed E-state index contributed by atoms with van der Waals surface area (Å²) in [7, 11) is 0. The molecule has 132 valence electrons. The summed E-state index contributed by atoms with van der Waals surface area (Å²) in [6.45, 7) is 10.8. The number of benzene rings is 1. The Balaban J connectivity index is 2.11. The van der Waals surface area contributed by atoms with E-state index in [1.54, 1.807) is 11.3 Å². The minimum Gasteiger partial charge on any atom is -0.355 e. The molecule has 0 unspecified atom stereocenters. The van der Waals surface area contributed by atoms with E-state index >= 15 is 0 Å². The second-order valence-electron chi connectivity index (χ2n) is 7.20.